The molecule has 0 aromatic heterocycles. The lowest BCUT2D eigenvalue weighted by Gasteiger charge is -2.47. The Bertz CT molecular complexity index is 651. The molecular weight excluding hydrogens is 330 g/mol. The lowest BCUT2D eigenvalue weighted by Crippen LogP contribution is -2.65. The van der Waals surface area contributed by atoms with E-state index >= 15 is 0 Å². The van der Waals surface area contributed by atoms with Crippen molar-refractivity contribution in [3.8, 4) is 0 Å². The average Bonchev–Trinajstić information content (AvgIpc) is 2.84. The molecule has 6 heteroatoms. The van der Waals surface area contributed by atoms with E-state index in [1.807, 2.05) is 19.9 Å². The minimum atomic E-state index is -0.480. The first-order valence-corrected chi connectivity index (χ1v) is 9.62. The number of hydrogen-bond acceptors (Lipinski definition) is 6. The van der Waals surface area contributed by atoms with Crippen LogP contribution in [0, 0.1) is 5.92 Å². The van der Waals surface area contributed by atoms with Gasteiger partial charge in [-0.05, 0) is 44.7 Å². The Kier molecular flexibility index (Phi) is 4.88. The van der Waals surface area contributed by atoms with Crippen LogP contribution in [-0.2, 0) is 16.0 Å². The lowest BCUT2D eigenvalue weighted by molar-refractivity contribution is -0.194. The molecule has 0 radical (unpaired) electrons. The number of nitrogens with one attached hydrogen (secondary N) is 2. The van der Waals surface area contributed by atoms with Crippen molar-refractivity contribution in [1.82, 2.24) is 15.7 Å². The Morgan fingerprint density at radius 3 is 2.88 bits per heavy atom. The predicted octanol–water partition coefficient (Wildman–Crippen LogP) is 1.33. The first kappa shape index (κ1) is 18.1. The number of carbonyl (C=O) groups excluding carboxylic acids is 1. The summed E-state index contributed by atoms with van der Waals surface area (Å²) in [5.41, 5.74) is 0.807. The first-order valence-electron chi connectivity index (χ1n) is 9.62. The van der Waals surface area contributed by atoms with E-state index < -0.39 is 5.66 Å². The molecule has 142 valence electrons. The molecule has 3 fully saturated rings. The van der Waals surface area contributed by atoms with Gasteiger partial charge in [-0.2, -0.15) is 5.06 Å². The Labute approximate surface area is 154 Å². The minimum absolute atomic E-state index is 0.00478. The molecule has 5 unspecified atom stereocenters. The molecule has 6 nitrogen and oxygen atoms in total. The lowest BCUT2D eigenvalue weighted by atomic mass is 9.74. The summed E-state index contributed by atoms with van der Waals surface area (Å²) in [6.45, 7) is 4.98. The zero-order chi connectivity index (χ0) is 18.3. The van der Waals surface area contributed by atoms with Gasteiger partial charge in [-0.25, -0.2) is 0 Å². The largest absolute Gasteiger partial charge is 0.368 e. The summed E-state index contributed by atoms with van der Waals surface area (Å²) in [6.07, 6.45) is 2.33. The second-order valence-electron chi connectivity index (χ2n) is 8.37. The van der Waals surface area contributed by atoms with Crippen LogP contribution in [0.25, 0.3) is 0 Å². The summed E-state index contributed by atoms with van der Waals surface area (Å²) in [7, 11) is 0. The van der Waals surface area contributed by atoms with Crippen LogP contribution in [0.5, 0.6) is 0 Å². The van der Waals surface area contributed by atoms with Crippen molar-refractivity contribution >= 4 is 5.78 Å². The number of Topliss-reactive ketones (excluding diaryl/α,β-unsaturated/α-hetero) is 1. The SMILES string of the molecule is CC1(C)NC2CC3CC(=O)COC3C(NCCc3ccccc3)C2N1O. The maximum absolute atomic E-state index is 11.9. The van der Waals surface area contributed by atoms with Gasteiger partial charge in [0.1, 0.15) is 6.61 Å². The van der Waals surface area contributed by atoms with Crippen LogP contribution in [0.15, 0.2) is 30.3 Å². The molecule has 1 aromatic rings. The monoisotopic (exact) mass is 359 g/mol. The van der Waals surface area contributed by atoms with Gasteiger partial charge in [0, 0.05) is 12.5 Å². The van der Waals surface area contributed by atoms with Crippen molar-refractivity contribution in [3.05, 3.63) is 35.9 Å². The predicted molar refractivity (Wildman–Crippen MR) is 97.8 cm³/mol. The molecule has 5 atom stereocenters. The number of ether oxygens (including phenoxy) is 1. The number of nitrogens with zero attached hydrogens (tertiary/aromatic N) is 1. The van der Waals surface area contributed by atoms with Gasteiger partial charge in [-0.1, -0.05) is 30.3 Å². The van der Waals surface area contributed by atoms with Crippen molar-refractivity contribution in [2.24, 2.45) is 5.92 Å². The van der Waals surface area contributed by atoms with Crippen LogP contribution in [0.3, 0.4) is 0 Å². The standard InChI is InChI=1S/C20H29N3O3/c1-20(2)22-16-11-14-10-15(24)12-26-19(14)17(18(16)23(20)25)21-9-8-13-6-4-3-5-7-13/h3-7,14,16-19,21-22,25H,8-12H2,1-2H3. The van der Waals surface area contributed by atoms with Gasteiger partial charge in [0.25, 0.3) is 0 Å². The summed E-state index contributed by atoms with van der Waals surface area (Å²) in [4.78, 5) is 11.9. The van der Waals surface area contributed by atoms with Crippen LogP contribution in [0.4, 0.5) is 0 Å². The van der Waals surface area contributed by atoms with Crippen molar-refractivity contribution < 1.29 is 14.7 Å². The quantitative estimate of drug-likeness (QED) is 0.753. The third-order valence-electron chi connectivity index (χ3n) is 6.11. The van der Waals surface area contributed by atoms with Crippen molar-refractivity contribution in [3.63, 3.8) is 0 Å². The van der Waals surface area contributed by atoms with Crippen LogP contribution in [0.1, 0.15) is 32.3 Å². The summed E-state index contributed by atoms with van der Waals surface area (Å²) in [6, 6.07) is 10.5. The summed E-state index contributed by atoms with van der Waals surface area (Å²) < 4.78 is 5.96. The highest BCUT2D eigenvalue weighted by molar-refractivity contribution is 5.80. The summed E-state index contributed by atoms with van der Waals surface area (Å²) in [5, 5.41) is 19.4. The number of fused-ring (bicyclic) bond motifs is 2. The second-order valence-corrected chi connectivity index (χ2v) is 8.37. The molecule has 26 heavy (non-hydrogen) atoms. The second kappa shape index (κ2) is 7.02. The fourth-order valence-electron chi connectivity index (χ4n) is 4.94. The Morgan fingerprint density at radius 2 is 2.12 bits per heavy atom. The van der Waals surface area contributed by atoms with E-state index in [4.69, 9.17) is 4.74 Å². The fourth-order valence-corrected chi connectivity index (χ4v) is 4.94. The number of hydroxylamine groups is 2. The van der Waals surface area contributed by atoms with Gasteiger partial charge < -0.3 is 15.3 Å². The normalized spacial score (nSPS) is 36.6. The van der Waals surface area contributed by atoms with E-state index in [0.29, 0.717) is 6.42 Å². The van der Waals surface area contributed by atoms with Crippen molar-refractivity contribution in [1.29, 1.82) is 0 Å². The number of benzene rings is 1. The van der Waals surface area contributed by atoms with Crippen molar-refractivity contribution in [2.45, 2.75) is 63.0 Å². The van der Waals surface area contributed by atoms with E-state index in [0.717, 1.165) is 19.4 Å². The maximum atomic E-state index is 11.9. The third-order valence-corrected chi connectivity index (χ3v) is 6.11. The Morgan fingerprint density at radius 1 is 1.35 bits per heavy atom. The number of rotatable bonds is 4. The van der Waals surface area contributed by atoms with Crippen LogP contribution in [0.2, 0.25) is 0 Å². The van der Waals surface area contributed by atoms with Gasteiger partial charge in [0.2, 0.25) is 0 Å². The van der Waals surface area contributed by atoms with Crippen LogP contribution < -0.4 is 10.6 Å². The average molecular weight is 359 g/mol. The van der Waals surface area contributed by atoms with E-state index in [9.17, 15) is 10.0 Å². The Balaban J connectivity index is 1.51. The van der Waals surface area contributed by atoms with E-state index in [1.165, 1.54) is 10.6 Å². The number of carbonyl (C=O) groups is 1. The first-order chi connectivity index (χ1) is 12.5. The van der Waals surface area contributed by atoms with E-state index in [-0.39, 0.29) is 42.5 Å². The van der Waals surface area contributed by atoms with Gasteiger partial charge >= 0.3 is 0 Å². The van der Waals surface area contributed by atoms with Gasteiger partial charge in [0.15, 0.2) is 5.78 Å². The topological polar surface area (TPSA) is 73.8 Å². The molecular formula is C20H29N3O3. The van der Waals surface area contributed by atoms with Gasteiger partial charge in [-0.15, -0.1) is 0 Å². The zero-order valence-corrected chi connectivity index (χ0v) is 15.5. The maximum Gasteiger partial charge on any atom is 0.158 e. The fraction of sp³-hybridized carbons (Fsp3) is 0.650. The molecule has 1 aromatic carbocycles. The van der Waals surface area contributed by atoms with E-state index in [1.54, 1.807) is 0 Å². The number of hydrogen-bond donors (Lipinski definition) is 3. The Hall–Kier alpha value is -1.31. The summed E-state index contributed by atoms with van der Waals surface area (Å²) >= 11 is 0. The molecule has 3 N–H and O–H groups in total. The molecule has 1 saturated carbocycles. The smallest absolute Gasteiger partial charge is 0.158 e. The van der Waals surface area contributed by atoms with Gasteiger partial charge in [0.05, 0.1) is 23.9 Å². The molecule has 2 heterocycles. The molecule has 0 spiro atoms. The zero-order valence-electron chi connectivity index (χ0n) is 15.5. The molecule has 4 rings (SSSR count). The highest BCUT2D eigenvalue weighted by Gasteiger charge is 2.56. The van der Waals surface area contributed by atoms with Crippen LogP contribution >= 0.6 is 0 Å². The molecule has 2 aliphatic heterocycles. The van der Waals surface area contributed by atoms with Crippen molar-refractivity contribution in [2.75, 3.05) is 13.2 Å². The van der Waals surface area contributed by atoms with E-state index in [2.05, 4.69) is 34.9 Å². The highest BCUT2D eigenvalue weighted by atomic mass is 16.5. The molecule has 0 amide bonds. The van der Waals surface area contributed by atoms with Gasteiger partial charge in [-0.3, -0.25) is 10.1 Å². The molecule has 1 aliphatic carbocycles. The molecule has 0 bridgehead atoms. The highest BCUT2D eigenvalue weighted by Crippen LogP contribution is 2.40. The number of ketones is 1. The minimum Gasteiger partial charge on any atom is -0.368 e. The van der Waals surface area contributed by atoms with Crippen LogP contribution in [-0.4, -0.2) is 59.1 Å². The molecule has 3 aliphatic rings. The molecule has 2 saturated heterocycles. The third kappa shape index (κ3) is 3.32. The summed E-state index contributed by atoms with van der Waals surface area (Å²) in [5.74, 6) is 0.396.